The number of carbonyl (C=O) groups is 2. The first-order valence-corrected chi connectivity index (χ1v) is 13.5. The number of nitrogen functional groups attached to an aromatic ring is 1. The number of halogens is 3. The van der Waals surface area contributed by atoms with Gasteiger partial charge in [-0.1, -0.05) is 18.2 Å². The van der Waals surface area contributed by atoms with Crippen molar-refractivity contribution in [2.24, 2.45) is 0 Å². The molecule has 1 atom stereocenters. The lowest BCUT2D eigenvalue weighted by Gasteiger charge is -2.22. The van der Waals surface area contributed by atoms with Gasteiger partial charge in [0.05, 0.1) is 12.7 Å². The van der Waals surface area contributed by atoms with Gasteiger partial charge >= 0.3 is 12.1 Å². The van der Waals surface area contributed by atoms with Crippen molar-refractivity contribution in [3.63, 3.8) is 0 Å². The van der Waals surface area contributed by atoms with Crippen LogP contribution in [0.2, 0.25) is 0 Å². The minimum atomic E-state index is -5.02. The molecule has 0 aliphatic heterocycles. The summed E-state index contributed by atoms with van der Waals surface area (Å²) >= 11 is 0. The summed E-state index contributed by atoms with van der Waals surface area (Å²) in [6.07, 6.45) is -3.53. The van der Waals surface area contributed by atoms with Gasteiger partial charge in [0.15, 0.2) is 11.5 Å². The highest BCUT2D eigenvalue weighted by molar-refractivity contribution is 5.95. The molecule has 43 heavy (non-hydrogen) atoms. The molecule has 1 heterocycles. The Kier molecular flexibility index (Phi) is 9.59. The number of hydrogen-bond acceptors (Lipinski definition) is 7. The molecule has 0 fully saturated rings. The van der Waals surface area contributed by atoms with E-state index < -0.39 is 24.0 Å². The molecule has 0 saturated carbocycles. The molecule has 9 nitrogen and oxygen atoms in total. The van der Waals surface area contributed by atoms with E-state index in [4.69, 9.17) is 15.2 Å². The van der Waals surface area contributed by atoms with E-state index in [1.807, 2.05) is 38.2 Å². The van der Waals surface area contributed by atoms with Gasteiger partial charge in [0.2, 0.25) is 5.91 Å². The zero-order valence-corrected chi connectivity index (χ0v) is 23.8. The second-order valence-corrected chi connectivity index (χ2v) is 9.89. The van der Waals surface area contributed by atoms with Crippen molar-refractivity contribution in [2.75, 3.05) is 23.0 Å². The molecule has 4 aromatic rings. The number of amides is 2. The number of ether oxygens (including phenoxy) is 2. The van der Waals surface area contributed by atoms with Crippen LogP contribution in [0.4, 0.5) is 30.4 Å². The Morgan fingerprint density at radius 3 is 2.49 bits per heavy atom. The van der Waals surface area contributed by atoms with Crippen molar-refractivity contribution in [2.45, 2.75) is 45.6 Å². The van der Waals surface area contributed by atoms with E-state index in [9.17, 15) is 22.8 Å². The van der Waals surface area contributed by atoms with Gasteiger partial charge in [-0.3, -0.25) is 9.59 Å². The topological polar surface area (TPSA) is 128 Å². The fourth-order valence-electron chi connectivity index (χ4n) is 4.33. The first kappa shape index (κ1) is 30.9. The minimum Gasteiger partial charge on any atom is -0.490 e. The number of rotatable bonds is 11. The normalized spacial score (nSPS) is 12.1. The summed E-state index contributed by atoms with van der Waals surface area (Å²) in [6, 6.07) is 17.4. The second-order valence-electron chi connectivity index (χ2n) is 9.89. The first-order chi connectivity index (χ1) is 20.4. The van der Waals surface area contributed by atoms with E-state index in [0.717, 1.165) is 10.8 Å². The summed E-state index contributed by atoms with van der Waals surface area (Å²) in [4.78, 5) is 29.1. The van der Waals surface area contributed by atoms with Crippen LogP contribution >= 0.6 is 0 Å². The van der Waals surface area contributed by atoms with E-state index >= 15 is 0 Å². The van der Waals surface area contributed by atoms with Crippen LogP contribution in [0, 0.1) is 0 Å². The van der Waals surface area contributed by atoms with Crippen molar-refractivity contribution in [3.8, 4) is 11.5 Å². The Balaban J connectivity index is 1.62. The lowest BCUT2D eigenvalue weighted by molar-refractivity contribution is -0.167. The quantitative estimate of drug-likeness (QED) is 0.168. The van der Waals surface area contributed by atoms with Crippen molar-refractivity contribution in [1.82, 2.24) is 10.3 Å². The highest BCUT2D eigenvalue weighted by Crippen LogP contribution is 2.33. The van der Waals surface area contributed by atoms with E-state index in [0.29, 0.717) is 40.7 Å². The molecular formula is C31H32F3N5O4. The van der Waals surface area contributed by atoms with Gasteiger partial charge < -0.3 is 31.2 Å². The Hall–Kier alpha value is -5.00. The Morgan fingerprint density at radius 1 is 0.977 bits per heavy atom. The molecule has 226 valence electrons. The molecule has 0 aliphatic carbocycles. The maximum Gasteiger partial charge on any atom is 0.471 e. The lowest BCUT2D eigenvalue weighted by Crippen LogP contribution is -2.33. The van der Waals surface area contributed by atoms with Crippen LogP contribution in [-0.2, 0) is 16.1 Å². The van der Waals surface area contributed by atoms with Gasteiger partial charge in [-0.05, 0) is 85.8 Å². The Bertz CT molecular complexity index is 1610. The van der Waals surface area contributed by atoms with Crippen molar-refractivity contribution >= 4 is 39.8 Å². The summed E-state index contributed by atoms with van der Waals surface area (Å²) in [7, 11) is 0. The number of nitrogens with zero attached hydrogens (tertiary/aromatic N) is 1. The fraction of sp³-hybridized carbons (Fsp3) is 0.258. The van der Waals surface area contributed by atoms with Gasteiger partial charge in [0.25, 0.3) is 0 Å². The molecule has 0 spiro atoms. The zero-order valence-electron chi connectivity index (χ0n) is 23.8. The van der Waals surface area contributed by atoms with E-state index in [2.05, 4.69) is 15.6 Å². The first-order valence-electron chi connectivity index (χ1n) is 13.5. The smallest absolute Gasteiger partial charge is 0.471 e. The third kappa shape index (κ3) is 8.06. The van der Waals surface area contributed by atoms with Gasteiger partial charge in [-0.2, -0.15) is 13.2 Å². The maximum absolute atomic E-state index is 13.7. The Labute approximate surface area is 246 Å². The number of fused-ring (bicyclic) bond motifs is 1. The van der Waals surface area contributed by atoms with Crippen LogP contribution in [0.5, 0.6) is 11.5 Å². The average molecular weight is 596 g/mol. The number of anilines is 3. The third-order valence-corrected chi connectivity index (χ3v) is 6.24. The molecule has 5 N–H and O–H groups in total. The largest absolute Gasteiger partial charge is 0.490 e. The number of pyridine rings is 1. The number of benzene rings is 3. The fourth-order valence-corrected chi connectivity index (χ4v) is 4.33. The number of nitrogens with one attached hydrogen (secondary N) is 3. The van der Waals surface area contributed by atoms with Gasteiger partial charge in [-0.15, -0.1) is 0 Å². The van der Waals surface area contributed by atoms with Crippen LogP contribution in [-0.4, -0.2) is 35.7 Å². The lowest BCUT2D eigenvalue weighted by atomic mass is 10.0. The monoisotopic (exact) mass is 595 g/mol. The van der Waals surface area contributed by atoms with E-state index in [1.165, 1.54) is 18.2 Å². The van der Waals surface area contributed by atoms with Crippen LogP contribution in [0.3, 0.4) is 0 Å². The van der Waals surface area contributed by atoms with Crippen molar-refractivity contribution in [3.05, 3.63) is 84.1 Å². The minimum absolute atomic E-state index is 0.0144. The van der Waals surface area contributed by atoms with Gasteiger partial charge in [0, 0.05) is 29.5 Å². The molecule has 1 unspecified atom stereocenters. The molecule has 3 aromatic carbocycles. The number of alkyl halides is 3. The van der Waals surface area contributed by atoms with Gasteiger partial charge in [-0.25, -0.2) is 4.98 Å². The summed E-state index contributed by atoms with van der Waals surface area (Å²) in [6.45, 7) is 6.00. The van der Waals surface area contributed by atoms with Gasteiger partial charge in [0.1, 0.15) is 11.9 Å². The molecule has 0 radical (unpaired) electrons. The SMILES string of the molecule is CCOc1cc(C(Nc2ccc3c(N)nccc3c2)C(=O)NCc2cccc(NC(=O)C(F)(F)F)c2)ccc1OC(C)C. The average Bonchev–Trinajstić information content (AvgIpc) is 2.95. The molecule has 0 aliphatic rings. The molecule has 2 amide bonds. The summed E-state index contributed by atoms with van der Waals surface area (Å²) < 4.78 is 49.7. The van der Waals surface area contributed by atoms with Crippen LogP contribution in [0.15, 0.2) is 72.9 Å². The zero-order chi connectivity index (χ0) is 31.1. The summed E-state index contributed by atoms with van der Waals surface area (Å²) in [5.41, 5.74) is 7.65. The van der Waals surface area contributed by atoms with Crippen LogP contribution < -0.4 is 31.2 Å². The van der Waals surface area contributed by atoms with E-state index in [-0.39, 0.29) is 18.3 Å². The molecule has 0 saturated heterocycles. The maximum atomic E-state index is 13.7. The van der Waals surface area contributed by atoms with Crippen LogP contribution in [0.1, 0.15) is 37.9 Å². The predicted molar refractivity (Wildman–Crippen MR) is 159 cm³/mol. The van der Waals surface area contributed by atoms with E-state index in [1.54, 1.807) is 42.6 Å². The summed E-state index contributed by atoms with van der Waals surface area (Å²) in [5, 5.41) is 9.52. The molecular weight excluding hydrogens is 563 g/mol. The van der Waals surface area contributed by atoms with Crippen molar-refractivity contribution < 1.29 is 32.2 Å². The highest BCUT2D eigenvalue weighted by Gasteiger charge is 2.38. The standard InChI is InChI=1S/C31H32F3N5O4/c1-4-42-26-16-21(8-11-25(26)43-18(2)3)27(38-23-9-10-24-20(15-23)12-13-36-28(24)35)29(40)37-17-19-6-5-7-22(14-19)39-30(41)31(32,33)34/h5-16,18,27,38H,4,17H2,1-3H3,(H2,35,36)(H,37,40)(H,39,41). The summed E-state index contributed by atoms with van der Waals surface area (Å²) in [5.74, 6) is -1.11. The Morgan fingerprint density at radius 2 is 1.77 bits per heavy atom. The highest BCUT2D eigenvalue weighted by atomic mass is 19.4. The molecule has 4 rings (SSSR count). The predicted octanol–water partition coefficient (Wildman–Crippen LogP) is 5.97. The van der Waals surface area contributed by atoms with Crippen LogP contribution in [0.25, 0.3) is 10.8 Å². The molecule has 12 heteroatoms. The third-order valence-electron chi connectivity index (χ3n) is 6.24. The second kappa shape index (κ2) is 13.3. The number of hydrogen-bond donors (Lipinski definition) is 4. The molecule has 1 aromatic heterocycles. The number of aromatic nitrogens is 1. The van der Waals surface area contributed by atoms with Crippen molar-refractivity contribution in [1.29, 1.82) is 0 Å². The molecule has 0 bridgehead atoms. The number of carbonyl (C=O) groups excluding carboxylic acids is 2. The number of nitrogens with two attached hydrogens (primary N) is 1.